The maximum Gasteiger partial charge on any atom is 0.258 e. The summed E-state index contributed by atoms with van der Waals surface area (Å²) in [5.74, 6) is -0.718. The van der Waals surface area contributed by atoms with Crippen molar-refractivity contribution in [3.63, 3.8) is 0 Å². The third-order valence-corrected chi connectivity index (χ3v) is 2.02. The van der Waals surface area contributed by atoms with Gasteiger partial charge >= 0.3 is 0 Å². The van der Waals surface area contributed by atoms with Crippen LogP contribution >= 0.6 is 0 Å². The molecule has 0 aliphatic heterocycles. The molecule has 0 aliphatic carbocycles. The molecule has 1 atom stereocenters. The predicted molar refractivity (Wildman–Crippen MR) is 61.4 cm³/mol. The van der Waals surface area contributed by atoms with Crippen LogP contribution in [0.2, 0.25) is 0 Å². The summed E-state index contributed by atoms with van der Waals surface area (Å²) in [6.45, 7) is 2.02. The van der Waals surface area contributed by atoms with Gasteiger partial charge in [-0.15, -0.1) is 0 Å². The average molecular weight is 241 g/mol. The van der Waals surface area contributed by atoms with E-state index in [2.05, 4.69) is 5.32 Å². The van der Waals surface area contributed by atoms with E-state index in [4.69, 9.17) is 9.47 Å². The van der Waals surface area contributed by atoms with Crippen molar-refractivity contribution in [2.75, 3.05) is 20.3 Å². The van der Waals surface area contributed by atoms with E-state index < -0.39 is 5.82 Å². The van der Waals surface area contributed by atoms with Gasteiger partial charge in [0.2, 0.25) is 0 Å². The molecule has 5 heteroatoms. The number of hydrogen-bond acceptors (Lipinski definition) is 3. The van der Waals surface area contributed by atoms with Crippen molar-refractivity contribution in [2.24, 2.45) is 0 Å². The molecule has 4 nitrogen and oxygen atoms in total. The van der Waals surface area contributed by atoms with E-state index in [1.54, 1.807) is 19.2 Å². The zero-order chi connectivity index (χ0) is 12.7. The van der Waals surface area contributed by atoms with E-state index in [9.17, 15) is 9.18 Å². The predicted octanol–water partition coefficient (Wildman–Crippen LogP) is 1.36. The number of halogens is 1. The van der Waals surface area contributed by atoms with Crippen LogP contribution < -0.4 is 10.1 Å². The lowest BCUT2D eigenvalue weighted by atomic mass is 10.3. The fraction of sp³-hybridized carbons (Fsp3) is 0.417. The van der Waals surface area contributed by atoms with Crippen LogP contribution in [0.3, 0.4) is 0 Å². The SMILES string of the molecule is COC[C@@H](C)NC(=O)COc1ccccc1F. The van der Waals surface area contributed by atoms with Gasteiger partial charge in [-0.25, -0.2) is 4.39 Å². The Kier molecular flexibility index (Phi) is 5.42. The van der Waals surface area contributed by atoms with Crippen LogP contribution in [0.1, 0.15) is 6.92 Å². The van der Waals surface area contributed by atoms with Crippen molar-refractivity contribution in [3.05, 3.63) is 30.1 Å². The van der Waals surface area contributed by atoms with Gasteiger partial charge in [-0.1, -0.05) is 12.1 Å². The Labute approximate surface area is 99.7 Å². The number of nitrogens with one attached hydrogen (secondary N) is 1. The number of ether oxygens (including phenoxy) is 2. The molecule has 94 valence electrons. The Balaban J connectivity index is 2.36. The van der Waals surface area contributed by atoms with Crippen LogP contribution in [0.15, 0.2) is 24.3 Å². The van der Waals surface area contributed by atoms with Gasteiger partial charge in [-0.2, -0.15) is 0 Å². The number of para-hydroxylation sites is 1. The summed E-state index contributed by atoms with van der Waals surface area (Å²) in [5.41, 5.74) is 0. The third-order valence-electron chi connectivity index (χ3n) is 2.02. The van der Waals surface area contributed by atoms with Crippen LogP contribution in [-0.4, -0.2) is 32.3 Å². The lowest BCUT2D eigenvalue weighted by Crippen LogP contribution is -2.38. The minimum Gasteiger partial charge on any atom is -0.481 e. The van der Waals surface area contributed by atoms with Gasteiger partial charge in [0.05, 0.1) is 6.61 Å². The van der Waals surface area contributed by atoms with Gasteiger partial charge in [0, 0.05) is 13.2 Å². The number of rotatable bonds is 6. The molecule has 1 N–H and O–H groups in total. The van der Waals surface area contributed by atoms with Crippen LogP contribution in [0.4, 0.5) is 4.39 Å². The van der Waals surface area contributed by atoms with Crippen molar-refractivity contribution < 1.29 is 18.7 Å². The Bertz CT molecular complexity index is 371. The first-order chi connectivity index (χ1) is 8.13. The summed E-state index contributed by atoms with van der Waals surface area (Å²) in [5, 5.41) is 2.66. The fourth-order valence-corrected chi connectivity index (χ4v) is 1.31. The summed E-state index contributed by atoms with van der Waals surface area (Å²) < 4.78 is 23.1. The van der Waals surface area contributed by atoms with E-state index in [1.165, 1.54) is 12.1 Å². The highest BCUT2D eigenvalue weighted by atomic mass is 19.1. The second-order valence-electron chi connectivity index (χ2n) is 3.64. The first-order valence-corrected chi connectivity index (χ1v) is 5.29. The standard InChI is InChI=1S/C12H16FNO3/c1-9(7-16-2)14-12(15)8-17-11-6-4-3-5-10(11)13/h3-6,9H,7-8H2,1-2H3,(H,14,15)/t9-/m1/s1. The van der Waals surface area contributed by atoms with E-state index in [0.717, 1.165) is 0 Å². The molecule has 1 aromatic rings. The topological polar surface area (TPSA) is 47.6 Å². The van der Waals surface area contributed by atoms with Gasteiger partial charge in [-0.05, 0) is 19.1 Å². The van der Waals surface area contributed by atoms with E-state index in [1.807, 2.05) is 6.92 Å². The van der Waals surface area contributed by atoms with E-state index in [-0.39, 0.29) is 24.3 Å². The second kappa shape index (κ2) is 6.85. The number of amides is 1. The molecule has 0 spiro atoms. The molecule has 1 amide bonds. The quantitative estimate of drug-likeness (QED) is 0.818. The molecule has 17 heavy (non-hydrogen) atoms. The lowest BCUT2D eigenvalue weighted by molar-refractivity contribution is -0.124. The molecule has 0 heterocycles. The van der Waals surface area contributed by atoms with Gasteiger partial charge in [-0.3, -0.25) is 4.79 Å². The van der Waals surface area contributed by atoms with Crippen molar-refractivity contribution in [2.45, 2.75) is 13.0 Å². The first-order valence-electron chi connectivity index (χ1n) is 5.29. The van der Waals surface area contributed by atoms with Crippen LogP contribution in [0.25, 0.3) is 0 Å². The molecule has 1 rings (SSSR count). The highest BCUT2D eigenvalue weighted by Crippen LogP contribution is 2.14. The number of carbonyl (C=O) groups is 1. The number of benzene rings is 1. The van der Waals surface area contributed by atoms with Gasteiger partial charge in [0.25, 0.3) is 5.91 Å². The molecule has 0 fully saturated rings. The summed E-state index contributed by atoms with van der Waals surface area (Å²) in [4.78, 5) is 11.4. The zero-order valence-electron chi connectivity index (χ0n) is 9.90. The molecule has 0 aliphatic rings. The molecule has 0 saturated carbocycles. The van der Waals surface area contributed by atoms with E-state index in [0.29, 0.717) is 6.61 Å². The number of methoxy groups -OCH3 is 1. The highest BCUT2D eigenvalue weighted by Gasteiger charge is 2.09. The summed E-state index contributed by atoms with van der Waals surface area (Å²) in [6, 6.07) is 5.85. The summed E-state index contributed by atoms with van der Waals surface area (Å²) in [6.07, 6.45) is 0. The van der Waals surface area contributed by atoms with E-state index >= 15 is 0 Å². The maximum atomic E-state index is 13.1. The Morgan fingerprint density at radius 3 is 2.82 bits per heavy atom. The largest absolute Gasteiger partial charge is 0.481 e. The molecule has 0 unspecified atom stereocenters. The lowest BCUT2D eigenvalue weighted by Gasteiger charge is -2.13. The summed E-state index contributed by atoms with van der Waals surface area (Å²) >= 11 is 0. The van der Waals surface area contributed by atoms with Crippen molar-refractivity contribution >= 4 is 5.91 Å². The van der Waals surface area contributed by atoms with Crippen LogP contribution in [0.5, 0.6) is 5.75 Å². The number of hydrogen-bond donors (Lipinski definition) is 1. The Morgan fingerprint density at radius 1 is 1.47 bits per heavy atom. The Hall–Kier alpha value is -1.62. The fourth-order valence-electron chi connectivity index (χ4n) is 1.31. The van der Waals surface area contributed by atoms with Crippen molar-refractivity contribution in [1.82, 2.24) is 5.32 Å². The minimum atomic E-state index is -0.481. The first kappa shape index (κ1) is 13.4. The average Bonchev–Trinajstić information content (AvgIpc) is 2.28. The zero-order valence-corrected chi connectivity index (χ0v) is 9.90. The molecule has 0 saturated heterocycles. The smallest absolute Gasteiger partial charge is 0.258 e. The van der Waals surface area contributed by atoms with Gasteiger partial charge in [0.15, 0.2) is 18.2 Å². The molecule has 0 radical (unpaired) electrons. The Morgan fingerprint density at radius 2 is 2.18 bits per heavy atom. The third kappa shape index (κ3) is 4.82. The normalized spacial score (nSPS) is 11.9. The van der Waals surface area contributed by atoms with Crippen molar-refractivity contribution in [3.8, 4) is 5.75 Å². The summed E-state index contributed by atoms with van der Waals surface area (Å²) in [7, 11) is 1.55. The van der Waals surface area contributed by atoms with Crippen LogP contribution in [0, 0.1) is 5.82 Å². The molecule has 0 bridgehead atoms. The van der Waals surface area contributed by atoms with Crippen molar-refractivity contribution in [1.29, 1.82) is 0 Å². The molecular formula is C12H16FNO3. The van der Waals surface area contributed by atoms with Crippen LogP contribution in [-0.2, 0) is 9.53 Å². The highest BCUT2D eigenvalue weighted by molar-refractivity contribution is 5.77. The molecule has 0 aromatic heterocycles. The molecule has 1 aromatic carbocycles. The number of carbonyl (C=O) groups excluding carboxylic acids is 1. The monoisotopic (exact) mass is 241 g/mol. The maximum absolute atomic E-state index is 13.1. The van der Waals surface area contributed by atoms with Gasteiger partial charge < -0.3 is 14.8 Å². The minimum absolute atomic E-state index is 0.0713. The second-order valence-corrected chi connectivity index (χ2v) is 3.64. The molecular weight excluding hydrogens is 225 g/mol. The van der Waals surface area contributed by atoms with Gasteiger partial charge in [0.1, 0.15) is 0 Å².